The zero-order chi connectivity index (χ0) is 7.68. The molecule has 0 bridgehead atoms. The standard InChI is InChI=1S/C7H10N2OS/c8-7-9-5(4-11-7)6-2-1-3-10-6/h4,6H,1-3H2,(H2,8,9)/t6-/m0/s1. The van der Waals surface area contributed by atoms with Gasteiger partial charge in [-0.3, -0.25) is 0 Å². The second-order valence-electron chi connectivity index (χ2n) is 2.61. The van der Waals surface area contributed by atoms with Crippen LogP contribution in [0.1, 0.15) is 24.6 Å². The molecule has 1 aliphatic heterocycles. The van der Waals surface area contributed by atoms with Crippen LogP contribution in [0, 0.1) is 0 Å². The summed E-state index contributed by atoms with van der Waals surface area (Å²) in [6.07, 6.45) is 2.44. The largest absolute Gasteiger partial charge is 0.375 e. The number of hydrogen-bond donors (Lipinski definition) is 1. The van der Waals surface area contributed by atoms with E-state index in [0.29, 0.717) is 5.13 Å². The zero-order valence-corrected chi connectivity index (χ0v) is 6.93. The molecule has 0 amide bonds. The fraction of sp³-hybridized carbons (Fsp3) is 0.571. The van der Waals surface area contributed by atoms with Crippen LogP contribution in [0.15, 0.2) is 5.38 Å². The molecule has 2 rings (SSSR count). The van der Waals surface area contributed by atoms with Crippen molar-refractivity contribution in [2.24, 2.45) is 0 Å². The van der Waals surface area contributed by atoms with E-state index in [1.54, 1.807) is 0 Å². The minimum atomic E-state index is 0.212. The van der Waals surface area contributed by atoms with Crippen LogP contribution < -0.4 is 5.73 Å². The number of hydrogen-bond acceptors (Lipinski definition) is 4. The summed E-state index contributed by atoms with van der Waals surface area (Å²) in [5.74, 6) is 0. The van der Waals surface area contributed by atoms with Crippen LogP contribution in [0.4, 0.5) is 5.13 Å². The highest BCUT2D eigenvalue weighted by atomic mass is 32.1. The molecule has 0 radical (unpaired) electrons. The van der Waals surface area contributed by atoms with Crippen molar-refractivity contribution >= 4 is 16.5 Å². The molecule has 1 atom stereocenters. The molecule has 0 aromatic carbocycles. The maximum absolute atomic E-state index is 5.50. The number of nitrogen functional groups attached to an aromatic ring is 1. The Hall–Kier alpha value is -0.610. The Balaban J connectivity index is 2.15. The van der Waals surface area contributed by atoms with Gasteiger partial charge >= 0.3 is 0 Å². The van der Waals surface area contributed by atoms with Gasteiger partial charge in [0.05, 0.1) is 5.69 Å². The van der Waals surface area contributed by atoms with Crippen molar-refractivity contribution in [1.29, 1.82) is 0 Å². The second-order valence-corrected chi connectivity index (χ2v) is 3.50. The van der Waals surface area contributed by atoms with E-state index in [1.807, 2.05) is 5.38 Å². The highest BCUT2D eigenvalue weighted by Gasteiger charge is 2.19. The van der Waals surface area contributed by atoms with E-state index in [9.17, 15) is 0 Å². The Kier molecular flexibility index (Phi) is 1.79. The van der Waals surface area contributed by atoms with E-state index in [-0.39, 0.29) is 6.10 Å². The minimum absolute atomic E-state index is 0.212. The molecular formula is C7H10N2OS. The Morgan fingerprint density at radius 3 is 3.18 bits per heavy atom. The Morgan fingerprint density at radius 1 is 1.73 bits per heavy atom. The number of rotatable bonds is 1. The topological polar surface area (TPSA) is 48.1 Å². The van der Waals surface area contributed by atoms with Crippen LogP contribution in [0.5, 0.6) is 0 Å². The summed E-state index contributed by atoms with van der Waals surface area (Å²) in [6, 6.07) is 0. The van der Waals surface area contributed by atoms with Gasteiger partial charge in [0.1, 0.15) is 6.10 Å². The van der Waals surface area contributed by atoms with E-state index in [2.05, 4.69) is 4.98 Å². The summed E-state index contributed by atoms with van der Waals surface area (Å²) in [6.45, 7) is 0.863. The summed E-state index contributed by atoms with van der Waals surface area (Å²) in [7, 11) is 0. The Bertz CT molecular complexity index is 242. The minimum Gasteiger partial charge on any atom is -0.375 e. The molecule has 0 unspecified atom stereocenters. The summed E-state index contributed by atoms with van der Waals surface area (Å²) in [5.41, 5.74) is 6.50. The van der Waals surface area contributed by atoms with Crippen molar-refractivity contribution in [1.82, 2.24) is 4.98 Å². The first-order valence-electron chi connectivity index (χ1n) is 3.69. The molecule has 0 saturated carbocycles. The van der Waals surface area contributed by atoms with E-state index in [0.717, 1.165) is 25.1 Å². The smallest absolute Gasteiger partial charge is 0.180 e. The van der Waals surface area contributed by atoms with Crippen LogP contribution in [-0.2, 0) is 4.74 Å². The second kappa shape index (κ2) is 2.79. The quantitative estimate of drug-likeness (QED) is 0.696. The fourth-order valence-corrected chi connectivity index (χ4v) is 1.86. The molecule has 11 heavy (non-hydrogen) atoms. The molecule has 1 fully saturated rings. The lowest BCUT2D eigenvalue weighted by Gasteiger charge is -2.03. The Morgan fingerprint density at radius 2 is 2.64 bits per heavy atom. The van der Waals surface area contributed by atoms with Gasteiger partial charge in [0.15, 0.2) is 5.13 Å². The van der Waals surface area contributed by atoms with Crippen molar-refractivity contribution < 1.29 is 4.74 Å². The number of ether oxygens (including phenoxy) is 1. The SMILES string of the molecule is Nc1nc([C@@H]2CCCO2)cs1. The highest BCUT2D eigenvalue weighted by molar-refractivity contribution is 7.13. The molecule has 1 saturated heterocycles. The number of thiazole rings is 1. The molecule has 0 aliphatic carbocycles. The summed E-state index contributed by atoms with van der Waals surface area (Å²) in [5, 5.41) is 2.61. The molecule has 4 heteroatoms. The van der Waals surface area contributed by atoms with Crippen LogP contribution in [0.3, 0.4) is 0 Å². The van der Waals surface area contributed by atoms with E-state index < -0.39 is 0 Å². The third-order valence-corrected chi connectivity index (χ3v) is 2.49. The van der Waals surface area contributed by atoms with Crippen molar-refractivity contribution in [3.63, 3.8) is 0 Å². The summed E-state index contributed by atoms with van der Waals surface area (Å²) >= 11 is 1.48. The average Bonchev–Trinajstić information content (AvgIpc) is 2.55. The molecule has 2 heterocycles. The Labute approximate surface area is 69.2 Å². The number of nitrogens with two attached hydrogens (primary N) is 1. The molecule has 2 N–H and O–H groups in total. The van der Waals surface area contributed by atoms with Gasteiger partial charge in [0.2, 0.25) is 0 Å². The normalized spacial score (nSPS) is 24.2. The van der Waals surface area contributed by atoms with Crippen molar-refractivity contribution in [2.75, 3.05) is 12.3 Å². The first kappa shape index (κ1) is 7.06. The maximum Gasteiger partial charge on any atom is 0.180 e. The van der Waals surface area contributed by atoms with Gasteiger partial charge < -0.3 is 10.5 Å². The van der Waals surface area contributed by atoms with Crippen LogP contribution >= 0.6 is 11.3 Å². The molecule has 60 valence electrons. The lowest BCUT2D eigenvalue weighted by molar-refractivity contribution is 0.109. The number of aromatic nitrogens is 1. The molecular weight excluding hydrogens is 160 g/mol. The van der Waals surface area contributed by atoms with Crippen molar-refractivity contribution in [3.8, 4) is 0 Å². The van der Waals surface area contributed by atoms with Gasteiger partial charge in [-0.25, -0.2) is 4.98 Å². The molecule has 3 nitrogen and oxygen atoms in total. The summed E-state index contributed by atoms with van der Waals surface area (Å²) < 4.78 is 5.44. The van der Waals surface area contributed by atoms with Gasteiger partial charge in [0.25, 0.3) is 0 Å². The lowest BCUT2D eigenvalue weighted by Crippen LogP contribution is -1.96. The van der Waals surface area contributed by atoms with Gasteiger partial charge in [-0.05, 0) is 12.8 Å². The van der Waals surface area contributed by atoms with Crippen molar-refractivity contribution in [2.45, 2.75) is 18.9 Å². The average molecular weight is 170 g/mol. The molecule has 1 aliphatic rings. The fourth-order valence-electron chi connectivity index (χ4n) is 1.26. The summed E-state index contributed by atoms with van der Waals surface area (Å²) in [4.78, 5) is 4.16. The zero-order valence-electron chi connectivity index (χ0n) is 6.12. The van der Waals surface area contributed by atoms with Gasteiger partial charge in [0, 0.05) is 12.0 Å². The molecule has 1 aromatic heterocycles. The molecule has 0 spiro atoms. The highest BCUT2D eigenvalue weighted by Crippen LogP contribution is 2.29. The number of nitrogens with zero attached hydrogens (tertiary/aromatic N) is 1. The number of anilines is 1. The lowest BCUT2D eigenvalue weighted by atomic mass is 10.2. The molecule has 1 aromatic rings. The van der Waals surface area contributed by atoms with Crippen LogP contribution in [0.2, 0.25) is 0 Å². The van der Waals surface area contributed by atoms with Crippen molar-refractivity contribution in [3.05, 3.63) is 11.1 Å². The first-order valence-corrected chi connectivity index (χ1v) is 4.57. The first-order chi connectivity index (χ1) is 5.36. The van der Waals surface area contributed by atoms with Gasteiger partial charge in [-0.1, -0.05) is 0 Å². The van der Waals surface area contributed by atoms with Gasteiger partial charge in [-0.15, -0.1) is 11.3 Å². The van der Waals surface area contributed by atoms with E-state index in [4.69, 9.17) is 10.5 Å². The van der Waals surface area contributed by atoms with E-state index >= 15 is 0 Å². The van der Waals surface area contributed by atoms with E-state index in [1.165, 1.54) is 11.3 Å². The monoisotopic (exact) mass is 170 g/mol. The predicted octanol–water partition coefficient (Wildman–Crippen LogP) is 1.58. The third kappa shape index (κ3) is 1.36. The predicted molar refractivity (Wildman–Crippen MR) is 44.5 cm³/mol. The van der Waals surface area contributed by atoms with Crippen LogP contribution in [0.25, 0.3) is 0 Å². The third-order valence-electron chi connectivity index (χ3n) is 1.80. The maximum atomic E-state index is 5.50. The van der Waals surface area contributed by atoms with Gasteiger partial charge in [-0.2, -0.15) is 0 Å². The van der Waals surface area contributed by atoms with Crippen LogP contribution in [-0.4, -0.2) is 11.6 Å².